The van der Waals surface area contributed by atoms with E-state index in [-0.39, 0.29) is 18.7 Å². The minimum atomic E-state index is -0.874. The van der Waals surface area contributed by atoms with Crippen molar-refractivity contribution in [2.24, 2.45) is 0 Å². The fourth-order valence-corrected chi connectivity index (χ4v) is 2.72. The Labute approximate surface area is 149 Å². The predicted molar refractivity (Wildman–Crippen MR) is 94.3 cm³/mol. The van der Waals surface area contributed by atoms with Crippen molar-refractivity contribution in [3.05, 3.63) is 58.6 Å². The number of hydrogen-bond donors (Lipinski definition) is 3. The number of amides is 1. The molecule has 1 heterocycles. The van der Waals surface area contributed by atoms with Gasteiger partial charge in [0.2, 0.25) is 0 Å². The predicted octanol–water partition coefficient (Wildman–Crippen LogP) is 3.09. The molecular weight excluding hydrogens is 344 g/mol. The van der Waals surface area contributed by atoms with Crippen molar-refractivity contribution in [3.8, 4) is 5.75 Å². The molecule has 2 aromatic carbocycles. The number of carboxylic acids is 1. The monoisotopic (exact) mass is 360 g/mol. The summed E-state index contributed by atoms with van der Waals surface area (Å²) in [5.41, 5.74) is 1.90. The first kappa shape index (κ1) is 17.1. The van der Waals surface area contributed by atoms with E-state index in [2.05, 4.69) is 10.6 Å². The van der Waals surface area contributed by atoms with E-state index in [0.29, 0.717) is 27.6 Å². The Kier molecular flexibility index (Phi) is 4.81. The number of halogens is 1. The number of hydrogen-bond acceptors (Lipinski definition) is 4. The lowest BCUT2D eigenvalue weighted by Crippen LogP contribution is -2.48. The van der Waals surface area contributed by atoms with Crippen LogP contribution in [-0.2, 0) is 4.79 Å². The van der Waals surface area contributed by atoms with Crippen molar-refractivity contribution in [1.29, 1.82) is 0 Å². The topological polar surface area (TPSA) is 87.7 Å². The van der Waals surface area contributed by atoms with Gasteiger partial charge in [-0.05, 0) is 42.8 Å². The average Bonchev–Trinajstić information content (AvgIpc) is 2.60. The molecule has 0 aromatic heterocycles. The van der Waals surface area contributed by atoms with Gasteiger partial charge in [-0.15, -0.1) is 0 Å². The van der Waals surface area contributed by atoms with E-state index in [1.807, 2.05) is 0 Å². The van der Waals surface area contributed by atoms with Crippen molar-refractivity contribution < 1.29 is 19.4 Å². The van der Waals surface area contributed by atoms with Gasteiger partial charge in [0.1, 0.15) is 18.5 Å². The molecule has 3 N–H and O–H groups in total. The molecule has 1 aliphatic heterocycles. The second-order valence-corrected chi connectivity index (χ2v) is 6.24. The van der Waals surface area contributed by atoms with Crippen LogP contribution in [-0.4, -0.2) is 29.8 Å². The van der Waals surface area contributed by atoms with Gasteiger partial charge in [0.15, 0.2) is 0 Å². The van der Waals surface area contributed by atoms with Crippen LogP contribution in [0.15, 0.2) is 42.5 Å². The summed E-state index contributed by atoms with van der Waals surface area (Å²) in [6.07, 6.45) is -0.376. The summed E-state index contributed by atoms with van der Waals surface area (Å²) in [5, 5.41) is 15.5. The molecular formula is C18H17ClN2O4. The number of rotatable bonds is 5. The summed E-state index contributed by atoms with van der Waals surface area (Å²) in [4.78, 5) is 23.1. The highest BCUT2D eigenvalue weighted by atomic mass is 35.5. The van der Waals surface area contributed by atoms with Crippen LogP contribution < -0.4 is 15.4 Å². The van der Waals surface area contributed by atoms with E-state index < -0.39 is 11.9 Å². The number of nitrogens with one attached hydrogen (secondary N) is 2. The highest BCUT2D eigenvalue weighted by Crippen LogP contribution is 2.24. The zero-order valence-corrected chi connectivity index (χ0v) is 14.2. The Bertz CT molecular complexity index is 807. The Balaban J connectivity index is 1.62. The van der Waals surface area contributed by atoms with Gasteiger partial charge in [0.05, 0.1) is 11.5 Å². The number of carboxylic acid groups (broad SMARTS) is 1. The zero-order chi connectivity index (χ0) is 18.0. The lowest BCUT2D eigenvalue weighted by Gasteiger charge is -2.27. The highest BCUT2D eigenvalue weighted by molar-refractivity contribution is 6.31. The zero-order valence-electron chi connectivity index (χ0n) is 13.5. The van der Waals surface area contributed by atoms with Crippen LogP contribution >= 0.6 is 11.6 Å². The molecule has 1 aliphatic rings. The first-order chi connectivity index (χ1) is 11.9. The number of benzene rings is 2. The number of fused-ring (bicyclic) bond motifs is 1. The lowest BCUT2D eigenvalue weighted by molar-refractivity contribution is -0.138. The molecule has 2 atom stereocenters. The molecule has 0 saturated carbocycles. The standard InChI is InChI=1S/C18H17ClN2O4/c1-10(18(23)24)11-2-5-13(6-3-11)25-9-16-20-15-7-4-12(19)8-14(15)17(22)21-16/h2-8,10,16,20H,9H2,1H3,(H,21,22)(H,23,24). The first-order valence-electron chi connectivity index (χ1n) is 7.76. The van der Waals surface area contributed by atoms with Crippen LogP contribution in [0.2, 0.25) is 5.02 Å². The summed E-state index contributed by atoms with van der Waals surface area (Å²) >= 11 is 5.90. The molecule has 0 bridgehead atoms. The molecule has 1 amide bonds. The minimum Gasteiger partial charge on any atom is -0.489 e. The summed E-state index contributed by atoms with van der Waals surface area (Å²) in [6, 6.07) is 12.0. The van der Waals surface area contributed by atoms with Crippen molar-refractivity contribution in [2.45, 2.75) is 19.0 Å². The lowest BCUT2D eigenvalue weighted by atomic mass is 10.0. The average molecular weight is 361 g/mol. The van der Waals surface area contributed by atoms with Crippen LogP contribution in [0, 0.1) is 0 Å². The molecule has 3 rings (SSSR count). The molecule has 2 unspecified atom stereocenters. The quantitative estimate of drug-likeness (QED) is 0.762. The largest absolute Gasteiger partial charge is 0.489 e. The SMILES string of the molecule is CC(C(=O)O)c1ccc(OCC2NC(=O)c3cc(Cl)ccc3N2)cc1. The molecule has 25 heavy (non-hydrogen) atoms. The van der Waals surface area contributed by atoms with Crippen molar-refractivity contribution >= 4 is 29.2 Å². The van der Waals surface area contributed by atoms with Gasteiger partial charge < -0.3 is 20.5 Å². The molecule has 7 heteroatoms. The van der Waals surface area contributed by atoms with Crippen LogP contribution in [0.1, 0.15) is 28.8 Å². The number of carbonyl (C=O) groups is 2. The van der Waals surface area contributed by atoms with Crippen LogP contribution in [0.3, 0.4) is 0 Å². The summed E-state index contributed by atoms with van der Waals surface area (Å²) in [5.74, 6) is -1.06. The second-order valence-electron chi connectivity index (χ2n) is 5.80. The fraction of sp³-hybridized carbons (Fsp3) is 0.222. The third-order valence-electron chi connectivity index (χ3n) is 4.03. The molecule has 0 radical (unpaired) electrons. The van der Waals surface area contributed by atoms with E-state index in [0.717, 1.165) is 0 Å². The van der Waals surface area contributed by atoms with Crippen LogP contribution in [0.4, 0.5) is 5.69 Å². The molecule has 0 saturated heterocycles. The molecule has 130 valence electrons. The Morgan fingerprint density at radius 3 is 2.64 bits per heavy atom. The van der Waals surface area contributed by atoms with E-state index in [9.17, 15) is 9.59 Å². The van der Waals surface area contributed by atoms with Gasteiger partial charge in [-0.1, -0.05) is 23.7 Å². The Morgan fingerprint density at radius 2 is 1.96 bits per heavy atom. The second kappa shape index (κ2) is 7.03. The maximum atomic E-state index is 12.1. The maximum Gasteiger partial charge on any atom is 0.310 e. The highest BCUT2D eigenvalue weighted by Gasteiger charge is 2.24. The first-order valence-corrected chi connectivity index (χ1v) is 8.14. The van der Waals surface area contributed by atoms with Crippen LogP contribution in [0.5, 0.6) is 5.75 Å². The fourth-order valence-electron chi connectivity index (χ4n) is 2.55. The normalized spacial score (nSPS) is 17.0. The summed E-state index contributed by atoms with van der Waals surface area (Å²) in [7, 11) is 0. The third kappa shape index (κ3) is 3.85. The molecule has 2 aromatic rings. The minimum absolute atomic E-state index is 0.213. The molecule has 0 spiro atoms. The van der Waals surface area contributed by atoms with E-state index in [1.54, 1.807) is 49.4 Å². The molecule has 0 fully saturated rings. The van der Waals surface area contributed by atoms with E-state index in [1.165, 1.54) is 0 Å². The number of aliphatic carboxylic acids is 1. The number of anilines is 1. The van der Waals surface area contributed by atoms with Gasteiger partial charge in [-0.2, -0.15) is 0 Å². The van der Waals surface area contributed by atoms with E-state index >= 15 is 0 Å². The molecule has 6 nitrogen and oxygen atoms in total. The summed E-state index contributed by atoms with van der Waals surface area (Å²) in [6.45, 7) is 1.85. The van der Waals surface area contributed by atoms with Gasteiger partial charge in [-0.25, -0.2) is 0 Å². The smallest absolute Gasteiger partial charge is 0.310 e. The van der Waals surface area contributed by atoms with Crippen molar-refractivity contribution in [3.63, 3.8) is 0 Å². The van der Waals surface area contributed by atoms with Gasteiger partial charge >= 0.3 is 5.97 Å². The Hall–Kier alpha value is -2.73. The van der Waals surface area contributed by atoms with Gasteiger partial charge in [0, 0.05) is 10.7 Å². The Morgan fingerprint density at radius 1 is 1.24 bits per heavy atom. The maximum absolute atomic E-state index is 12.1. The number of carbonyl (C=O) groups excluding carboxylic acids is 1. The van der Waals surface area contributed by atoms with Gasteiger partial charge in [-0.3, -0.25) is 9.59 Å². The number of ether oxygens (including phenoxy) is 1. The van der Waals surface area contributed by atoms with Gasteiger partial charge in [0.25, 0.3) is 5.91 Å². The van der Waals surface area contributed by atoms with E-state index in [4.69, 9.17) is 21.4 Å². The molecule has 0 aliphatic carbocycles. The summed E-state index contributed by atoms with van der Waals surface area (Å²) < 4.78 is 5.68. The van der Waals surface area contributed by atoms with Crippen LogP contribution in [0.25, 0.3) is 0 Å². The third-order valence-corrected chi connectivity index (χ3v) is 4.26. The van der Waals surface area contributed by atoms with Crippen molar-refractivity contribution in [1.82, 2.24) is 5.32 Å². The van der Waals surface area contributed by atoms with Crippen molar-refractivity contribution in [2.75, 3.05) is 11.9 Å².